The van der Waals surface area contributed by atoms with Gasteiger partial charge in [-0.3, -0.25) is 4.57 Å². The molecule has 0 unspecified atom stereocenters. The number of benzene rings is 1. The molecule has 0 saturated carbocycles. The summed E-state index contributed by atoms with van der Waals surface area (Å²) in [4.78, 5) is 11.7. The molecule has 1 aromatic carbocycles. The maximum absolute atomic E-state index is 13.4. The number of nitrogen functional groups attached to an aromatic ring is 1. The zero-order valence-electron chi connectivity index (χ0n) is 14.1. The molecular weight excluding hydrogens is 347 g/mol. The minimum absolute atomic E-state index is 0.0805. The Hall–Kier alpha value is -3.10. The number of imidazole rings is 1. The lowest BCUT2D eigenvalue weighted by Crippen LogP contribution is -2.16. The van der Waals surface area contributed by atoms with Gasteiger partial charge >= 0.3 is 6.18 Å². The molecule has 0 spiro atoms. The normalized spacial score (nSPS) is 11.6. The predicted octanol–water partition coefficient (Wildman–Crippen LogP) is 3.64. The minimum atomic E-state index is -4.68. The fourth-order valence-corrected chi connectivity index (χ4v) is 2.44. The number of anilines is 1. The summed E-state index contributed by atoms with van der Waals surface area (Å²) >= 11 is 0. The molecule has 0 aliphatic rings. The lowest BCUT2D eigenvalue weighted by molar-refractivity contribution is -0.146. The SMILES string of the molecule is CCOc1ccc(-c2cn(-c3nc(C)cc(N)n3)c(C(F)(F)F)n2)cc1. The van der Waals surface area contributed by atoms with Crippen LogP contribution in [0.4, 0.5) is 19.0 Å². The summed E-state index contributed by atoms with van der Waals surface area (Å²) in [5.74, 6) is -0.593. The second-order valence-electron chi connectivity index (χ2n) is 5.51. The molecule has 6 nitrogen and oxygen atoms in total. The highest BCUT2D eigenvalue weighted by atomic mass is 19.4. The van der Waals surface area contributed by atoms with Gasteiger partial charge < -0.3 is 10.5 Å². The van der Waals surface area contributed by atoms with Crippen molar-refractivity contribution >= 4 is 5.82 Å². The Kier molecular flexibility index (Phi) is 4.54. The summed E-state index contributed by atoms with van der Waals surface area (Å²) < 4.78 is 46.5. The Labute approximate surface area is 147 Å². The Morgan fingerprint density at radius 2 is 1.81 bits per heavy atom. The molecule has 9 heteroatoms. The van der Waals surface area contributed by atoms with Gasteiger partial charge in [-0.1, -0.05) is 0 Å². The lowest BCUT2D eigenvalue weighted by atomic mass is 10.2. The summed E-state index contributed by atoms with van der Waals surface area (Å²) in [7, 11) is 0. The quantitative estimate of drug-likeness (QED) is 0.766. The number of rotatable bonds is 4. The number of hydrogen-bond acceptors (Lipinski definition) is 5. The standard InChI is InChI=1S/C17H16F3N5O/c1-3-26-12-6-4-11(5-7-12)13-9-25(15(23-13)17(18,19)20)16-22-10(2)8-14(21)24-16/h4-9H,3H2,1-2H3,(H2,21,22,24). The van der Waals surface area contributed by atoms with Gasteiger partial charge in [-0.05, 0) is 38.1 Å². The van der Waals surface area contributed by atoms with Crippen molar-refractivity contribution in [2.45, 2.75) is 20.0 Å². The Bertz CT molecular complexity index is 899. The maximum atomic E-state index is 13.4. The number of aryl methyl sites for hydroxylation is 1. The van der Waals surface area contributed by atoms with E-state index in [-0.39, 0.29) is 17.5 Å². The first-order valence-electron chi connectivity index (χ1n) is 7.79. The third-order valence-corrected chi connectivity index (χ3v) is 3.50. The van der Waals surface area contributed by atoms with E-state index in [9.17, 15) is 13.2 Å². The van der Waals surface area contributed by atoms with Crippen LogP contribution in [-0.4, -0.2) is 26.1 Å². The molecule has 0 aliphatic carbocycles. The molecule has 3 aromatic rings. The highest BCUT2D eigenvalue weighted by Gasteiger charge is 2.38. The monoisotopic (exact) mass is 363 g/mol. The van der Waals surface area contributed by atoms with Gasteiger partial charge in [-0.25, -0.2) is 9.97 Å². The van der Waals surface area contributed by atoms with Crippen molar-refractivity contribution < 1.29 is 17.9 Å². The molecule has 2 aromatic heterocycles. The van der Waals surface area contributed by atoms with Crippen LogP contribution in [0.5, 0.6) is 5.75 Å². The van der Waals surface area contributed by atoms with Gasteiger partial charge in [0.05, 0.1) is 12.3 Å². The third-order valence-electron chi connectivity index (χ3n) is 3.50. The van der Waals surface area contributed by atoms with Crippen molar-refractivity contribution in [3.63, 3.8) is 0 Å². The van der Waals surface area contributed by atoms with Crippen LogP contribution < -0.4 is 10.5 Å². The smallest absolute Gasteiger partial charge is 0.450 e. The number of ether oxygens (including phenoxy) is 1. The predicted molar refractivity (Wildman–Crippen MR) is 89.9 cm³/mol. The molecule has 0 radical (unpaired) electrons. The summed E-state index contributed by atoms with van der Waals surface area (Å²) in [6.07, 6.45) is -3.43. The van der Waals surface area contributed by atoms with E-state index in [1.165, 1.54) is 12.3 Å². The molecule has 2 N–H and O–H groups in total. The van der Waals surface area contributed by atoms with Crippen LogP contribution in [0, 0.1) is 6.92 Å². The summed E-state index contributed by atoms with van der Waals surface area (Å²) in [6, 6.07) is 8.10. The van der Waals surface area contributed by atoms with Crippen LogP contribution in [-0.2, 0) is 6.18 Å². The van der Waals surface area contributed by atoms with E-state index >= 15 is 0 Å². The van der Waals surface area contributed by atoms with Gasteiger partial charge in [0.1, 0.15) is 11.6 Å². The molecule has 0 aliphatic heterocycles. The van der Waals surface area contributed by atoms with E-state index in [1.54, 1.807) is 31.2 Å². The zero-order chi connectivity index (χ0) is 18.9. The second kappa shape index (κ2) is 6.66. The van der Waals surface area contributed by atoms with Gasteiger partial charge in [0.15, 0.2) is 0 Å². The molecule has 136 valence electrons. The summed E-state index contributed by atoms with van der Waals surface area (Å²) in [5.41, 5.74) is 6.75. The number of alkyl halides is 3. The highest BCUT2D eigenvalue weighted by Crippen LogP contribution is 2.33. The minimum Gasteiger partial charge on any atom is -0.494 e. The van der Waals surface area contributed by atoms with Crippen molar-refractivity contribution in [2.24, 2.45) is 0 Å². The number of nitrogens with zero attached hydrogens (tertiary/aromatic N) is 4. The Balaban J connectivity index is 2.10. The first kappa shape index (κ1) is 17.7. The maximum Gasteiger partial charge on any atom is 0.450 e. The van der Waals surface area contributed by atoms with E-state index in [1.807, 2.05) is 6.92 Å². The third kappa shape index (κ3) is 3.61. The molecule has 2 heterocycles. The van der Waals surface area contributed by atoms with Gasteiger partial charge in [0.25, 0.3) is 0 Å². The average Bonchev–Trinajstić information content (AvgIpc) is 3.01. The molecule has 0 saturated heterocycles. The number of nitrogens with two attached hydrogens (primary N) is 1. The summed E-state index contributed by atoms with van der Waals surface area (Å²) in [5, 5.41) is 0. The lowest BCUT2D eigenvalue weighted by Gasteiger charge is -2.09. The fourth-order valence-electron chi connectivity index (χ4n) is 2.44. The number of hydrogen-bond donors (Lipinski definition) is 1. The zero-order valence-corrected chi connectivity index (χ0v) is 14.1. The van der Waals surface area contributed by atoms with Gasteiger partial charge in [0, 0.05) is 23.5 Å². The molecule has 0 atom stereocenters. The first-order chi connectivity index (χ1) is 12.3. The van der Waals surface area contributed by atoms with E-state index in [0.29, 0.717) is 23.6 Å². The molecule has 3 rings (SSSR count). The topological polar surface area (TPSA) is 78.9 Å². The molecule has 26 heavy (non-hydrogen) atoms. The van der Waals surface area contributed by atoms with Crippen LogP contribution in [0.1, 0.15) is 18.4 Å². The molecule has 0 amide bonds. The van der Waals surface area contributed by atoms with Crippen molar-refractivity contribution in [3.8, 4) is 23.0 Å². The highest BCUT2D eigenvalue weighted by molar-refractivity contribution is 5.60. The number of aromatic nitrogens is 4. The van der Waals surface area contributed by atoms with Crippen molar-refractivity contribution in [2.75, 3.05) is 12.3 Å². The molecular formula is C17H16F3N5O. The number of halogens is 3. The summed E-state index contributed by atoms with van der Waals surface area (Å²) in [6.45, 7) is 3.97. The van der Waals surface area contributed by atoms with Crippen molar-refractivity contribution in [1.82, 2.24) is 19.5 Å². The second-order valence-corrected chi connectivity index (χ2v) is 5.51. The van der Waals surface area contributed by atoms with Crippen LogP contribution in [0.3, 0.4) is 0 Å². The van der Waals surface area contributed by atoms with E-state index < -0.39 is 12.0 Å². The Morgan fingerprint density at radius 1 is 1.12 bits per heavy atom. The largest absolute Gasteiger partial charge is 0.494 e. The Morgan fingerprint density at radius 3 is 2.38 bits per heavy atom. The van der Waals surface area contributed by atoms with Gasteiger partial charge in [-0.2, -0.15) is 18.2 Å². The van der Waals surface area contributed by atoms with Gasteiger partial charge in [-0.15, -0.1) is 0 Å². The molecule has 0 fully saturated rings. The van der Waals surface area contributed by atoms with Crippen LogP contribution >= 0.6 is 0 Å². The fraction of sp³-hybridized carbons (Fsp3) is 0.235. The van der Waals surface area contributed by atoms with E-state index in [4.69, 9.17) is 10.5 Å². The van der Waals surface area contributed by atoms with Gasteiger partial charge in [0.2, 0.25) is 11.8 Å². The van der Waals surface area contributed by atoms with Crippen LogP contribution in [0.25, 0.3) is 17.2 Å². The van der Waals surface area contributed by atoms with E-state index in [0.717, 1.165) is 4.57 Å². The molecule has 0 bridgehead atoms. The average molecular weight is 363 g/mol. The first-order valence-corrected chi connectivity index (χ1v) is 7.79. The van der Waals surface area contributed by atoms with Crippen molar-refractivity contribution in [1.29, 1.82) is 0 Å². The van der Waals surface area contributed by atoms with Crippen LogP contribution in [0.15, 0.2) is 36.5 Å². The van der Waals surface area contributed by atoms with Crippen LogP contribution in [0.2, 0.25) is 0 Å². The van der Waals surface area contributed by atoms with Crippen molar-refractivity contribution in [3.05, 3.63) is 48.0 Å². The van der Waals surface area contributed by atoms with E-state index in [2.05, 4.69) is 15.0 Å².